The molecule has 2 rings (SSSR count). The number of halogens is 2. The van der Waals surface area contributed by atoms with E-state index in [0.29, 0.717) is 11.1 Å². The molecule has 1 aromatic heterocycles. The van der Waals surface area contributed by atoms with Crippen LogP contribution in [0.2, 0.25) is 5.02 Å². The fourth-order valence-electron chi connectivity index (χ4n) is 1.61. The first-order valence-corrected chi connectivity index (χ1v) is 5.52. The zero-order chi connectivity index (χ0) is 13.3. The summed E-state index contributed by atoms with van der Waals surface area (Å²) >= 11 is 6.05. The highest BCUT2D eigenvalue weighted by Crippen LogP contribution is 2.32. The number of hydrogen-bond donors (Lipinski definition) is 1. The molecule has 0 aliphatic rings. The van der Waals surface area contributed by atoms with Crippen LogP contribution in [0.15, 0.2) is 30.6 Å². The van der Waals surface area contributed by atoms with Gasteiger partial charge < -0.3 is 5.11 Å². The number of carbonyl (C=O) groups is 1. The van der Waals surface area contributed by atoms with Gasteiger partial charge in [-0.2, -0.15) is 0 Å². The van der Waals surface area contributed by atoms with Crippen molar-refractivity contribution in [3.63, 3.8) is 0 Å². The molecule has 2 aromatic rings. The predicted octanol–water partition coefficient (Wildman–Crippen LogP) is 3.55. The number of aryl methyl sites for hydroxylation is 1. The lowest BCUT2D eigenvalue weighted by atomic mass is 10.0. The van der Waals surface area contributed by atoms with Gasteiger partial charge in [-0.15, -0.1) is 0 Å². The van der Waals surface area contributed by atoms with Gasteiger partial charge >= 0.3 is 5.97 Å². The highest BCUT2D eigenvalue weighted by Gasteiger charge is 2.14. The van der Waals surface area contributed by atoms with Gasteiger partial charge in [-0.3, -0.25) is 4.98 Å². The van der Waals surface area contributed by atoms with Crippen molar-refractivity contribution in [1.29, 1.82) is 0 Å². The summed E-state index contributed by atoms with van der Waals surface area (Å²) < 4.78 is 13.8. The Morgan fingerprint density at radius 3 is 2.78 bits per heavy atom. The summed E-state index contributed by atoms with van der Waals surface area (Å²) in [5, 5.41) is 9.15. The van der Waals surface area contributed by atoms with Crippen LogP contribution in [0.4, 0.5) is 4.39 Å². The minimum atomic E-state index is -1.12. The standard InChI is InChI=1S/C13H9ClFNO2/c1-7-2-3-10(15)11(12(7)14)8-4-9(13(17)18)6-16-5-8/h2-6H,1H3,(H,17,18). The molecule has 92 valence electrons. The molecule has 1 heterocycles. The third-order valence-corrected chi connectivity index (χ3v) is 3.05. The summed E-state index contributed by atoms with van der Waals surface area (Å²) in [6.45, 7) is 1.75. The second kappa shape index (κ2) is 4.74. The minimum Gasteiger partial charge on any atom is -0.478 e. The smallest absolute Gasteiger partial charge is 0.337 e. The lowest BCUT2D eigenvalue weighted by Gasteiger charge is -2.08. The molecule has 1 aromatic carbocycles. The van der Waals surface area contributed by atoms with Gasteiger partial charge in [-0.25, -0.2) is 9.18 Å². The number of hydrogen-bond acceptors (Lipinski definition) is 2. The molecule has 0 amide bonds. The van der Waals surface area contributed by atoms with E-state index in [9.17, 15) is 9.18 Å². The summed E-state index contributed by atoms with van der Waals surface area (Å²) in [5.74, 6) is -1.62. The number of carboxylic acid groups (broad SMARTS) is 1. The Balaban J connectivity index is 2.65. The zero-order valence-corrected chi connectivity index (χ0v) is 10.2. The van der Waals surface area contributed by atoms with E-state index in [1.54, 1.807) is 13.0 Å². The number of aromatic nitrogens is 1. The third-order valence-electron chi connectivity index (χ3n) is 2.56. The van der Waals surface area contributed by atoms with Crippen molar-refractivity contribution in [2.45, 2.75) is 6.92 Å². The van der Waals surface area contributed by atoms with Gasteiger partial charge in [0.2, 0.25) is 0 Å². The Labute approximate surface area is 108 Å². The van der Waals surface area contributed by atoms with E-state index >= 15 is 0 Å². The fraction of sp³-hybridized carbons (Fsp3) is 0.0769. The van der Waals surface area contributed by atoms with E-state index in [4.69, 9.17) is 16.7 Å². The number of carboxylic acids is 1. The van der Waals surface area contributed by atoms with Gasteiger partial charge in [-0.1, -0.05) is 17.7 Å². The van der Waals surface area contributed by atoms with Gasteiger partial charge in [0.1, 0.15) is 5.82 Å². The van der Waals surface area contributed by atoms with Gasteiger partial charge in [0, 0.05) is 23.5 Å². The number of benzene rings is 1. The van der Waals surface area contributed by atoms with Crippen LogP contribution in [-0.4, -0.2) is 16.1 Å². The first-order valence-electron chi connectivity index (χ1n) is 5.14. The molecule has 0 spiro atoms. The second-order valence-corrected chi connectivity index (χ2v) is 4.20. The van der Waals surface area contributed by atoms with E-state index in [0.717, 1.165) is 0 Å². The van der Waals surface area contributed by atoms with Crippen molar-refractivity contribution in [3.8, 4) is 11.1 Å². The Hall–Kier alpha value is -1.94. The average molecular weight is 266 g/mol. The average Bonchev–Trinajstić information content (AvgIpc) is 2.35. The van der Waals surface area contributed by atoms with E-state index in [1.165, 1.54) is 24.5 Å². The van der Waals surface area contributed by atoms with Crippen molar-refractivity contribution >= 4 is 17.6 Å². The summed E-state index contributed by atoms with van der Waals surface area (Å²) in [6.07, 6.45) is 2.59. The van der Waals surface area contributed by atoms with Crippen molar-refractivity contribution in [1.82, 2.24) is 4.98 Å². The lowest BCUT2D eigenvalue weighted by Crippen LogP contribution is -1.98. The molecule has 0 atom stereocenters. The van der Waals surface area contributed by atoms with Crippen LogP contribution in [0.25, 0.3) is 11.1 Å². The Morgan fingerprint density at radius 2 is 2.11 bits per heavy atom. The number of pyridine rings is 1. The molecule has 0 unspecified atom stereocenters. The van der Waals surface area contributed by atoms with Crippen LogP contribution in [0.5, 0.6) is 0 Å². The molecule has 0 radical (unpaired) electrons. The van der Waals surface area contributed by atoms with E-state index < -0.39 is 11.8 Å². The summed E-state index contributed by atoms with van der Waals surface area (Å²) in [7, 11) is 0. The predicted molar refractivity (Wildman–Crippen MR) is 66.3 cm³/mol. The van der Waals surface area contributed by atoms with E-state index in [2.05, 4.69) is 4.98 Å². The highest BCUT2D eigenvalue weighted by molar-refractivity contribution is 6.34. The van der Waals surface area contributed by atoms with Crippen LogP contribution in [-0.2, 0) is 0 Å². The number of rotatable bonds is 2. The Morgan fingerprint density at radius 1 is 1.39 bits per heavy atom. The molecule has 5 heteroatoms. The maximum Gasteiger partial charge on any atom is 0.337 e. The van der Waals surface area contributed by atoms with E-state index in [1.807, 2.05) is 0 Å². The monoisotopic (exact) mass is 265 g/mol. The van der Waals surface area contributed by atoms with Crippen LogP contribution in [0.1, 0.15) is 15.9 Å². The molecular formula is C13H9ClFNO2. The molecule has 3 nitrogen and oxygen atoms in total. The maximum absolute atomic E-state index is 13.8. The zero-order valence-electron chi connectivity index (χ0n) is 9.45. The molecule has 0 saturated carbocycles. The highest BCUT2D eigenvalue weighted by atomic mass is 35.5. The first-order chi connectivity index (χ1) is 8.50. The first kappa shape index (κ1) is 12.5. The van der Waals surface area contributed by atoms with Gasteiger partial charge in [0.25, 0.3) is 0 Å². The van der Waals surface area contributed by atoms with Gasteiger partial charge in [-0.05, 0) is 24.6 Å². The Kier molecular flexibility index (Phi) is 3.30. The van der Waals surface area contributed by atoms with E-state index in [-0.39, 0.29) is 16.1 Å². The Bertz CT molecular complexity index is 628. The topological polar surface area (TPSA) is 50.2 Å². The summed E-state index contributed by atoms with van der Waals surface area (Å²) in [4.78, 5) is 14.6. The van der Waals surface area contributed by atoms with Gasteiger partial charge in [0.15, 0.2) is 0 Å². The third kappa shape index (κ3) is 2.19. The van der Waals surface area contributed by atoms with Crippen molar-refractivity contribution < 1.29 is 14.3 Å². The lowest BCUT2D eigenvalue weighted by molar-refractivity contribution is 0.0696. The van der Waals surface area contributed by atoms with Gasteiger partial charge in [0.05, 0.1) is 10.6 Å². The number of aromatic carboxylic acids is 1. The molecule has 0 fully saturated rings. The summed E-state index contributed by atoms with van der Waals surface area (Å²) in [5.41, 5.74) is 1.23. The molecule has 1 N–H and O–H groups in total. The summed E-state index contributed by atoms with van der Waals surface area (Å²) in [6, 6.07) is 4.21. The van der Waals surface area contributed by atoms with Crippen molar-refractivity contribution in [2.24, 2.45) is 0 Å². The molecule has 0 aliphatic carbocycles. The van der Waals surface area contributed by atoms with Crippen LogP contribution >= 0.6 is 11.6 Å². The molecular weight excluding hydrogens is 257 g/mol. The SMILES string of the molecule is Cc1ccc(F)c(-c2cncc(C(=O)O)c2)c1Cl. The quantitative estimate of drug-likeness (QED) is 0.903. The van der Waals surface area contributed by atoms with Crippen molar-refractivity contribution in [2.75, 3.05) is 0 Å². The van der Waals surface area contributed by atoms with Crippen LogP contribution in [0, 0.1) is 12.7 Å². The largest absolute Gasteiger partial charge is 0.478 e. The molecule has 0 aliphatic heterocycles. The normalized spacial score (nSPS) is 10.4. The minimum absolute atomic E-state index is 0.00975. The fourth-order valence-corrected chi connectivity index (χ4v) is 1.88. The second-order valence-electron chi connectivity index (χ2n) is 3.82. The van der Waals surface area contributed by atoms with Crippen LogP contribution in [0.3, 0.4) is 0 Å². The van der Waals surface area contributed by atoms with Crippen LogP contribution < -0.4 is 0 Å². The maximum atomic E-state index is 13.8. The molecule has 0 saturated heterocycles. The molecule has 0 bridgehead atoms. The molecule has 18 heavy (non-hydrogen) atoms. The van der Waals surface area contributed by atoms with Crippen molar-refractivity contribution in [3.05, 3.63) is 52.6 Å². The number of nitrogens with zero attached hydrogens (tertiary/aromatic N) is 1.